The van der Waals surface area contributed by atoms with E-state index in [4.69, 9.17) is 9.47 Å². The van der Waals surface area contributed by atoms with Crippen LogP contribution < -0.4 is 0 Å². The van der Waals surface area contributed by atoms with E-state index in [2.05, 4.69) is 4.98 Å². The molecule has 1 aliphatic heterocycles. The number of aliphatic hydroxyl groups is 1. The number of rotatable bonds is 3. The molecule has 1 fully saturated rings. The number of hydrogen-bond acceptors (Lipinski definition) is 5. The van der Waals surface area contributed by atoms with Gasteiger partial charge in [0.2, 0.25) is 6.10 Å². The van der Waals surface area contributed by atoms with Crippen LogP contribution in [0.4, 0.5) is 0 Å². The standard InChI is InChI=1S/C13H17NO5/c1-6-10(8(3)15)7(2)14-11(6)13(17)19-9-4-5-18-12(9)16/h8-9,14-15H,4-5H2,1-3H3/t8-,9-/m1/s1. The molecular weight excluding hydrogens is 250 g/mol. The van der Waals surface area contributed by atoms with Gasteiger partial charge in [0.15, 0.2) is 0 Å². The van der Waals surface area contributed by atoms with E-state index < -0.39 is 24.1 Å². The van der Waals surface area contributed by atoms with Crippen LogP contribution in [0, 0.1) is 13.8 Å². The maximum atomic E-state index is 12.0. The fraction of sp³-hybridized carbons (Fsp3) is 0.538. The Morgan fingerprint density at radius 1 is 1.53 bits per heavy atom. The fourth-order valence-electron chi connectivity index (χ4n) is 2.37. The minimum atomic E-state index is -0.828. The molecule has 1 saturated heterocycles. The number of hydrogen-bond donors (Lipinski definition) is 2. The first-order valence-corrected chi connectivity index (χ1v) is 6.16. The van der Waals surface area contributed by atoms with E-state index in [1.54, 1.807) is 20.8 Å². The first kappa shape index (κ1) is 13.6. The van der Waals surface area contributed by atoms with E-state index in [0.29, 0.717) is 23.2 Å². The number of nitrogens with one attached hydrogen (secondary N) is 1. The van der Waals surface area contributed by atoms with E-state index in [9.17, 15) is 14.7 Å². The molecule has 2 rings (SSSR count). The number of aromatic nitrogens is 1. The van der Waals surface area contributed by atoms with Crippen LogP contribution >= 0.6 is 0 Å². The van der Waals surface area contributed by atoms with Gasteiger partial charge in [0.05, 0.1) is 12.7 Å². The van der Waals surface area contributed by atoms with E-state index >= 15 is 0 Å². The van der Waals surface area contributed by atoms with Crippen LogP contribution in [-0.2, 0) is 14.3 Å². The van der Waals surface area contributed by atoms with E-state index in [-0.39, 0.29) is 12.3 Å². The molecule has 2 atom stereocenters. The quantitative estimate of drug-likeness (QED) is 0.802. The van der Waals surface area contributed by atoms with Gasteiger partial charge in [0.25, 0.3) is 0 Å². The molecule has 6 heteroatoms. The highest BCUT2D eigenvalue weighted by atomic mass is 16.6. The summed E-state index contributed by atoms with van der Waals surface area (Å²) in [6.45, 7) is 5.41. The zero-order valence-electron chi connectivity index (χ0n) is 11.1. The number of cyclic esters (lactones) is 1. The normalized spacial score (nSPS) is 20.2. The van der Waals surface area contributed by atoms with Crippen LogP contribution in [0.15, 0.2) is 0 Å². The second-order valence-electron chi connectivity index (χ2n) is 4.69. The zero-order chi connectivity index (χ0) is 14.2. The zero-order valence-corrected chi connectivity index (χ0v) is 11.1. The second-order valence-corrected chi connectivity index (χ2v) is 4.69. The van der Waals surface area contributed by atoms with Crippen molar-refractivity contribution >= 4 is 11.9 Å². The number of esters is 2. The van der Waals surface area contributed by atoms with Gasteiger partial charge >= 0.3 is 11.9 Å². The lowest BCUT2D eigenvalue weighted by molar-refractivity contribution is -0.145. The molecule has 1 aliphatic rings. The highest BCUT2D eigenvalue weighted by molar-refractivity contribution is 5.92. The van der Waals surface area contributed by atoms with Gasteiger partial charge in [-0.05, 0) is 26.3 Å². The van der Waals surface area contributed by atoms with Crippen LogP contribution in [0.25, 0.3) is 0 Å². The van der Waals surface area contributed by atoms with Crippen molar-refractivity contribution in [3.8, 4) is 0 Å². The maximum absolute atomic E-state index is 12.0. The van der Waals surface area contributed by atoms with Gasteiger partial charge in [0.1, 0.15) is 5.69 Å². The fourth-order valence-corrected chi connectivity index (χ4v) is 2.37. The third kappa shape index (κ3) is 2.49. The molecule has 0 bridgehead atoms. The summed E-state index contributed by atoms with van der Waals surface area (Å²) in [5, 5.41) is 9.66. The summed E-state index contributed by atoms with van der Waals surface area (Å²) >= 11 is 0. The molecule has 0 radical (unpaired) electrons. The smallest absolute Gasteiger partial charge is 0.355 e. The van der Waals surface area contributed by atoms with Crippen LogP contribution in [0.5, 0.6) is 0 Å². The summed E-state index contributed by atoms with van der Waals surface area (Å²) in [5.41, 5.74) is 2.31. The maximum Gasteiger partial charge on any atom is 0.355 e. The van der Waals surface area contributed by atoms with Crippen molar-refractivity contribution in [2.45, 2.75) is 39.4 Å². The molecule has 2 heterocycles. The molecule has 0 aliphatic carbocycles. The molecule has 6 nitrogen and oxygen atoms in total. The van der Waals surface area contributed by atoms with Gasteiger partial charge < -0.3 is 19.6 Å². The summed E-state index contributed by atoms with van der Waals surface area (Å²) in [6.07, 6.45) is -1.12. The average Bonchev–Trinajstić information content (AvgIpc) is 2.83. The molecule has 0 spiro atoms. The van der Waals surface area contributed by atoms with Crippen LogP contribution in [-0.4, -0.2) is 34.7 Å². The van der Waals surface area contributed by atoms with Gasteiger partial charge in [-0.2, -0.15) is 0 Å². The summed E-state index contributed by atoms with van der Waals surface area (Å²) in [5.74, 6) is -1.11. The van der Waals surface area contributed by atoms with E-state index in [0.717, 1.165) is 0 Å². The van der Waals surface area contributed by atoms with Gasteiger partial charge in [-0.15, -0.1) is 0 Å². The number of aromatic amines is 1. The van der Waals surface area contributed by atoms with Gasteiger partial charge in [-0.3, -0.25) is 0 Å². The lowest BCUT2D eigenvalue weighted by Crippen LogP contribution is -2.23. The highest BCUT2D eigenvalue weighted by Crippen LogP contribution is 2.25. The molecule has 19 heavy (non-hydrogen) atoms. The Labute approximate surface area is 110 Å². The van der Waals surface area contributed by atoms with E-state index in [1.807, 2.05) is 0 Å². The number of carbonyl (C=O) groups excluding carboxylic acids is 2. The van der Waals surface area contributed by atoms with Crippen LogP contribution in [0.1, 0.15) is 46.8 Å². The summed E-state index contributed by atoms with van der Waals surface area (Å²) in [7, 11) is 0. The minimum Gasteiger partial charge on any atom is -0.463 e. The van der Waals surface area contributed by atoms with Crippen molar-refractivity contribution in [3.05, 3.63) is 22.5 Å². The first-order chi connectivity index (χ1) is 8.91. The van der Waals surface area contributed by atoms with E-state index in [1.165, 1.54) is 0 Å². The largest absolute Gasteiger partial charge is 0.463 e. The Hall–Kier alpha value is -1.82. The molecule has 0 unspecified atom stereocenters. The lowest BCUT2D eigenvalue weighted by Gasteiger charge is -2.08. The topological polar surface area (TPSA) is 88.6 Å². The van der Waals surface area contributed by atoms with Gasteiger partial charge in [-0.25, -0.2) is 9.59 Å². The first-order valence-electron chi connectivity index (χ1n) is 6.16. The average molecular weight is 267 g/mol. The highest BCUT2D eigenvalue weighted by Gasteiger charge is 2.32. The van der Waals surface area contributed by atoms with Crippen molar-refractivity contribution in [1.82, 2.24) is 4.98 Å². The monoisotopic (exact) mass is 267 g/mol. The van der Waals surface area contributed by atoms with Gasteiger partial charge in [0, 0.05) is 17.7 Å². The van der Waals surface area contributed by atoms with Crippen molar-refractivity contribution < 1.29 is 24.2 Å². The number of aryl methyl sites for hydroxylation is 1. The van der Waals surface area contributed by atoms with Crippen LogP contribution in [0.2, 0.25) is 0 Å². The summed E-state index contributed by atoms with van der Waals surface area (Å²) in [6, 6.07) is 0. The molecule has 1 aromatic rings. The minimum absolute atomic E-state index is 0.271. The second kappa shape index (κ2) is 5.05. The summed E-state index contributed by atoms with van der Waals surface area (Å²) in [4.78, 5) is 26.2. The van der Waals surface area contributed by atoms with Crippen molar-refractivity contribution in [2.75, 3.05) is 6.61 Å². The molecule has 0 amide bonds. The molecule has 2 N–H and O–H groups in total. The molecule has 0 saturated carbocycles. The Kier molecular flexibility index (Phi) is 3.61. The third-order valence-electron chi connectivity index (χ3n) is 3.25. The number of H-pyrrole nitrogens is 1. The van der Waals surface area contributed by atoms with Gasteiger partial charge in [-0.1, -0.05) is 0 Å². The molecule has 104 valence electrons. The number of carbonyl (C=O) groups is 2. The molecular formula is C13H17NO5. The molecule has 1 aromatic heterocycles. The van der Waals surface area contributed by atoms with Crippen molar-refractivity contribution in [2.24, 2.45) is 0 Å². The predicted octanol–water partition coefficient (Wildman–Crippen LogP) is 1.16. The Morgan fingerprint density at radius 3 is 2.68 bits per heavy atom. The third-order valence-corrected chi connectivity index (χ3v) is 3.25. The predicted molar refractivity (Wildman–Crippen MR) is 65.7 cm³/mol. The SMILES string of the molecule is Cc1[nH]c(C(=O)O[C@@H]2CCOC2=O)c(C)c1[C@@H](C)O. The molecule has 0 aromatic carbocycles. The Morgan fingerprint density at radius 2 is 2.21 bits per heavy atom. The number of aliphatic hydroxyl groups excluding tert-OH is 1. The van der Waals surface area contributed by atoms with Crippen LogP contribution in [0.3, 0.4) is 0 Å². The lowest BCUT2D eigenvalue weighted by atomic mass is 10.1. The van der Waals surface area contributed by atoms with Crippen molar-refractivity contribution in [3.63, 3.8) is 0 Å². The van der Waals surface area contributed by atoms with Crippen molar-refractivity contribution in [1.29, 1.82) is 0 Å². The Bertz CT molecular complexity index is 517. The Balaban J connectivity index is 2.20. The number of ether oxygens (including phenoxy) is 2. The summed E-state index contributed by atoms with van der Waals surface area (Å²) < 4.78 is 9.85.